The summed E-state index contributed by atoms with van der Waals surface area (Å²) in [5, 5.41) is 3.67. The summed E-state index contributed by atoms with van der Waals surface area (Å²) in [6.07, 6.45) is 4.75. The second-order valence-electron chi connectivity index (χ2n) is 10.5. The minimum absolute atomic E-state index is 0.0399. The van der Waals surface area contributed by atoms with Gasteiger partial charge >= 0.3 is 5.97 Å². The van der Waals surface area contributed by atoms with Crippen molar-refractivity contribution in [2.75, 3.05) is 0 Å². The van der Waals surface area contributed by atoms with Crippen molar-refractivity contribution in [1.29, 1.82) is 0 Å². The predicted octanol–water partition coefficient (Wildman–Crippen LogP) is 4.64. The standard InChI is InChI=1S/C28H36N2O3/c1-27(2,3)33-25(31)24-17-16-23-15-10-18-28(26(32)30(23)24,19-21-11-6-4-7-12-21)29-20-22-13-8-5-9-14-22/h4-9,11-14,23-24,29H,10,15-20H2,1-3H3/t23-,24-,28+/m0/s1. The summed E-state index contributed by atoms with van der Waals surface area (Å²) in [7, 11) is 0. The van der Waals surface area contributed by atoms with Crippen molar-refractivity contribution < 1.29 is 14.3 Å². The first-order valence-electron chi connectivity index (χ1n) is 12.2. The van der Waals surface area contributed by atoms with Crippen molar-refractivity contribution in [2.24, 2.45) is 0 Å². The summed E-state index contributed by atoms with van der Waals surface area (Å²) in [6.45, 7) is 6.24. The fourth-order valence-electron chi connectivity index (χ4n) is 5.27. The Labute approximate surface area is 197 Å². The van der Waals surface area contributed by atoms with Crippen LogP contribution in [0, 0.1) is 0 Å². The molecule has 5 nitrogen and oxygen atoms in total. The normalized spacial score (nSPS) is 25.4. The van der Waals surface area contributed by atoms with Gasteiger partial charge in [-0.25, -0.2) is 4.79 Å². The van der Waals surface area contributed by atoms with Crippen LogP contribution in [-0.4, -0.2) is 40.0 Å². The Morgan fingerprint density at radius 1 is 1.00 bits per heavy atom. The maximum Gasteiger partial charge on any atom is 0.329 e. The molecule has 2 aromatic rings. The summed E-state index contributed by atoms with van der Waals surface area (Å²) in [5.74, 6) is -0.241. The van der Waals surface area contributed by atoms with E-state index in [4.69, 9.17) is 4.74 Å². The van der Waals surface area contributed by atoms with E-state index in [1.807, 2.05) is 62.1 Å². The van der Waals surface area contributed by atoms with Gasteiger partial charge in [0.15, 0.2) is 0 Å². The molecule has 0 aliphatic carbocycles. The second kappa shape index (κ2) is 9.68. The van der Waals surface area contributed by atoms with E-state index >= 15 is 0 Å². The number of benzene rings is 2. The van der Waals surface area contributed by atoms with Crippen LogP contribution >= 0.6 is 0 Å². The van der Waals surface area contributed by atoms with E-state index < -0.39 is 17.2 Å². The van der Waals surface area contributed by atoms with Crippen LogP contribution in [0.4, 0.5) is 0 Å². The lowest BCUT2D eigenvalue weighted by Crippen LogP contribution is -2.61. The highest BCUT2D eigenvalue weighted by molar-refractivity contribution is 5.92. The molecular formula is C28H36N2O3. The third-order valence-corrected chi connectivity index (χ3v) is 6.79. The Morgan fingerprint density at radius 3 is 2.27 bits per heavy atom. The highest BCUT2D eigenvalue weighted by Gasteiger charge is 2.51. The number of esters is 1. The number of carbonyl (C=O) groups excluding carboxylic acids is 2. The van der Waals surface area contributed by atoms with E-state index in [1.165, 1.54) is 0 Å². The molecule has 2 saturated heterocycles. The highest BCUT2D eigenvalue weighted by atomic mass is 16.6. The number of rotatable bonds is 6. The van der Waals surface area contributed by atoms with Crippen LogP contribution in [0.5, 0.6) is 0 Å². The van der Waals surface area contributed by atoms with Crippen molar-refractivity contribution in [3.63, 3.8) is 0 Å². The average molecular weight is 449 g/mol. The van der Waals surface area contributed by atoms with Gasteiger partial charge < -0.3 is 9.64 Å². The first-order valence-corrected chi connectivity index (χ1v) is 12.2. The van der Waals surface area contributed by atoms with Crippen LogP contribution < -0.4 is 5.32 Å². The predicted molar refractivity (Wildman–Crippen MR) is 130 cm³/mol. The zero-order valence-electron chi connectivity index (χ0n) is 20.0. The molecule has 176 valence electrons. The molecule has 1 N–H and O–H groups in total. The van der Waals surface area contributed by atoms with Crippen LogP contribution in [0.2, 0.25) is 0 Å². The largest absolute Gasteiger partial charge is 0.458 e. The van der Waals surface area contributed by atoms with E-state index in [-0.39, 0.29) is 17.9 Å². The summed E-state index contributed by atoms with van der Waals surface area (Å²) in [5.41, 5.74) is 0.939. The van der Waals surface area contributed by atoms with E-state index in [2.05, 4.69) is 29.6 Å². The third kappa shape index (κ3) is 5.47. The molecule has 0 unspecified atom stereocenters. The zero-order valence-corrected chi connectivity index (χ0v) is 20.0. The molecule has 3 atom stereocenters. The molecule has 2 aliphatic rings. The number of hydrogen-bond acceptors (Lipinski definition) is 4. The molecule has 33 heavy (non-hydrogen) atoms. The monoisotopic (exact) mass is 448 g/mol. The maximum atomic E-state index is 14.3. The minimum Gasteiger partial charge on any atom is -0.458 e. The van der Waals surface area contributed by atoms with Gasteiger partial charge in [0.05, 0.1) is 0 Å². The summed E-state index contributed by atoms with van der Waals surface area (Å²) in [6, 6.07) is 20.0. The van der Waals surface area contributed by atoms with Gasteiger partial charge in [0.2, 0.25) is 5.91 Å². The lowest BCUT2D eigenvalue weighted by Gasteiger charge is -2.39. The van der Waals surface area contributed by atoms with Gasteiger partial charge in [0.1, 0.15) is 17.2 Å². The van der Waals surface area contributed by atoms with Gasteiger partial charge in [-0.2, -0.15) is 0 Å². The Bertz CT molecular complexity index is 954. The molecular weight excluding hydrogens is 412 g/mol. The lowest BCUT2D eigenvalue weighted by molar-refractivity contribution is -0.165. The summed E-state index contributed by atoms with van der Waals surface area (Å²) >= 11 is 0. The van der Waals surface area contributed by atoms with Crippen LogP contribution in [0.3, 0.4) is 0 Å². The molecule has 0 aromatic heterocycles. The molecule has 2 fully saturated rings. The highest BCUT2D eigenvalue weighted by Crippen LogP contribution is 2.37. The van der Waals surface area contributed by atoms with Crippen molar-refractivity contribution in [1.82, 2.24) is 10.2 Å². The van der Waals surface area contributed by atoms with Crippen molar-refractivity contribution >= 4 is 11.9 Å². The summed E-state index contributed by atoms with van der Waals surface area (Å²) in [4.78, 5) is 29.3. The van der Waals surface area contributed by atoms with E-state index in [0.717, 1.165) is 36.8 Å². The zero-order chi connectivity index (χ0) is 23.5. The molecule has 2 aromatic carbocycles. The number of amides is 1. The van der Waals surface area contributed by atoms with Gasteiger partial charge in [-0.05, 0) is 70.4 Å². The third-order valence-electron chi connectivity index (χ3n) is 6.79. The SMILES string of the molecule is CC(C)(C)OC(=O)[C@@H]1CC[C@@H]2CCC[C@](Cc3ccccc3)(NCc3ccccc3)C(=O)N21. The van der Waals surface area contributed by atoms with E-state index in [9.17, 15) is 9.59 Å². The molecule has 0 radical (unpaired) electrons. The van der Waals surface area contributed by atoms with Gasteiger partial charge in [-0.1, -0.05) is 60.7 Å². The van der Waals surface area contributed by atoms with E-state index in [1.54, 1.807) is 0 Å². The number of nitrogens with one attached hydrogen (secondary N) is 1. The minimum atomic E-state index is -0.753. The van der Waals surface area contributed by atoms with Crippen LogP contribution in [0.25, 0.3) is 0 Å². The Hall–Kier alpha value is -2.66. The van der Waals surface area contributed by atoms with Crippen molar-refractivity contribution in [2.45, 2.75) is 89.1 Å². The average Bonchev–Trinajstić information content (AvgIpc) is 3.16. The van der Waals surface area contributed by atoms with Crippen molar-refractivity contribution in [3.8, 4) is 0 Å². The smallest absolute Gasteiger partial charge is 0.329 e. The molecule has 0 spiro atoms. The lowest BCUT2D eigenvalue weighted by atomic mass is 9.84. The fourth-order valence-corrected chi connectivity index (χ4v) is 5.27. The van der Waals surface area contributed by atoms with Gasteiger partial charge in [-0.15, -0.1) is 0 Å². The Morgan fingerprint density at radius 2 is 1.64 bits per heavy atom. The second-order valence-corrected chi connectivity index (χ2v) is 10.5. The van der Waals surface area contributed by atoms with Crippen molar-refractivity contribution in [3.05, 3.63) is 71.8 Å². The number of nitrogens with zero attached hydrogens (tertiary/aromatic N) is 1. The number of fused-ring (bicyclic) bond motifs is 1. The molecule has 2 aliphatic heterocycles. The Balaban J connectivity index is 1.65. The molecule has 2 heterocycles. The first kappa shape index (κ1) is 23.5. The van der Waals surface area contributed by atoms with Crippen LogP contribution in [0.1, 0.15) is 64.0 Å². The maximum absolute atomic E-state index is 14.3. The fraction of sp³-hybridized carbons (Fsp3) is 0.500. The van der Waals surface area contributed by atoms with Crippen LogP contribution in [-0.2, 0) is 27.3 Å². The summed E-state index contributed by atoms with van der Waals surface area (Å²) < 4.78 is 5.72. The molecule has 1 amide bonds. The number of hydrogen-bond donors (Lipinski definition) is 1. The van der Waals surface area contributed by atoms with Gasteiger partial charge in [0.25, 0.3) is 0 Å². The molecule has 0 bridgehead atoms. The van der Waals surface area contributed by atoms with E-state index in [0.29, 0.717) is 19.4 Å². The Kier molecular flexibility index (Phi) is 6.89. The quantitative estimate of drug-likeness (QED) is 0.654. The number of ether oxygens (including phenoxy) is 1. The van der Waals surface area contributed by atoms with Gasteiger partial charge in [-0.3, -0.25) is 10.1 Å². The first-order chi connectivity index (χ1) is 15.8. The van der Waals surface area contributed by atoms with Gasteiger partial charge in [0, 0.05) is 12.6 Å². The number of carbonyl (C=O) groups is 2. The molecule has 0 saturated carbocycles. The van der Waals surface area contributed by atoms with Crippen LogP contribution in [0.15, 0.2) is 60.7 Å². The topological polar surface area (TPSA) is 58.6 Å². The molecule has 4 rings (SSSR count). The molecule has 5 heteroatoms.